The minimum Gasteiger partial charge on any atom is -0.475 e. The van der Waals surface area contributed by atoms with Crippen molar-refractivity contribution < 1.29 is 43.1 Å². The molecule has 0 bridgehead atoms. The molecule has 0 fully saturated rings. The highest BCUT2D eigenvalue weighted by Gasteiger charge is 2.48. The zero-order valence-electron chi connectivity index (χ0n) is 16.8. The molecule has 0 saturated heterocycles. The van der Waals surface area contributed by atoms with Crippen LogP contribution in [0.4, 0.5) is 13.2 Å². The van der Waals surface area contributed by atoms with Crippen LogP contribution in [0.2, 0.25) is 5.02 Å². The van der Waals surface area contributed by atoms with Gasteiger partial charge in [0.2, 0.25) is 6.10 Å². The molecule has 1 aliphatic rings. The first-order valence-electron chi connectivity index (χ1n) is 9.17. The summed E-state index contributed by atoms with van der Waals surface area (Å²) in [5, 5.41) is 11.1. The van der Waals surface area contributed by atoms with E-state index in [9.17, 15) is 18.0 Å². The highest BCUT2D eigenvalue weighted by Crippen LogP contribution is 2.41. The molecule has 0 saturated carbocycles. The van der Waals surface area contributed by atoms with Crippen LogP contribution in [0.3, 0.4) is 0 Å². The number of alkyl halides is 3. The molecule has 1 aromatic rings. The van der Waals surface area contributed by atoms with Gasteiger partial charge in [-0.05, 0) is 29.2 Å². The van der Waals surface area contributed by atoms with Gasteiger partial charge < -0.3 is 14.8 Å². The fraction of sp³-hybridized carbons (Fsp3) is 0.526. The second-order valence-corrected chi connectivity index (χ2v) is 8.01. The summed E-state index contributed by atoms with van der Waals surface area (Å²) in [6.45, 7) is 5.95. The largest absolute Gasteiger partial charge is 0.475 e. The fourth-order valence-electron chi connectivity index (χ4n) is 2.82. The second kappa shape index (κ2) is 9.97. The van der Waals surface area contributed by atoms with Crippen molar-refractivity contribution >= 4 is 23.6 Å². The molecular formula is C19H25ClF3N2O5+. The van der Waals surface area contributed by atoms with Gasteiger partial charge in [0.25, 0.3) is 5.91 Å². The number of hydrogen-bond donors (Lipinski definition) is 3. The van der Waals surface area contributed by atoms with Crippen molar-refractivity contribution in [1.82, 2.24) is 5.32 Å². The summed E-state index contributed by atoms with van der Waals surface area (Å²) in [6, 6.07) is 2.99. The Bertz CT molecular complexity index is 794. The van der Waals surface area contributed by atoms with Gasteiger partial charge in [0.1, 0.15) is 12.4 Å². The lowest BCUT2D eigenvalue weighted by molar-refractivity contribution is -1.06. The number of quaternary nitrogens is 1. The summed E-state index contributed by atoms with van der Waals surface area (Å²) in [5.41, 5.74) is 0.502. The van der Waals surface area contributed by atoms with E-state index in [-0.39, 0.29) is 32.1 Å². The SMILES string of the molecule is CC(C)(C)c1cc2c(cc1Cl)C=C(C(=O)NCCOCCO[NH2+]O)C(C(F)(F)F)O2. The topological polar surface area (TPSA) is 93.6 Å². The minimum absolute atomic E-state index is 0.0137. The molecule has 7 nitrogen and oxygen atoms in total. The molecule has 1 atom stereocenters. The molecule has 1 aromatic carbocycles. The molecule has 4 N–H and O–H groups in total. The first-order chi connectivity index (χ1) is 13.9. The van der Waals surface area contributed by atoms with Crippen LogP contribution < -0.4 is 15.7 Å². The van der Waals surface area contributed by atoms with Gasteiger partial charge in [0.05, 0.1) is 18.8 Å². The number of halogens is 4. The van der Waals surface area contributed by atoms with Crippen LogP contribution in [0.25, 0.3) is 6.08 Å². The summed E-state index contributed by atoms with van der Waals surface area (Å²) in [7, 11) is 0. The van der Waals surface area contributed by atoms with Crippen molar-refractivity contribution in [3.63, 3.8) is 0 Å². The van der Waals surface area contributed by atoms with Crippen molar-refractivity contribution in [1.29, 1.82) is 0 Å². The van der Waals surface area contributed by atoms with Crippen molar-refractivity contribution in [2.75, 3.05) is 26.4 Å². The second-order valence-electron chi connectivity index (χ2n) is 7.60. The molecule has 2 rings (SSSR count). The maximum atomic E-state index is 13.6. The molecule has 0 radical (unpaired) electrons. The Morgan fingerprint density at radius 3 is 2.57 bits per heavy atom. The quantitative estimate of drug-likeness (QED) is 0.415. The average molecular weight is 454 g/mol. The lowest BCUT2D eigenvalue weighted by atomic mass is 9.85. The normalized spacial score (nSPS) is 16.5. The Morgan fingerprint density at radius 2 is 1.97 bits per heavy atom. The van der Waals surface area contributed by atoms with E-state index in [1.165, 1.54) is 12.1 Å². The number of fused-ring (bicyclic) bond motifs is 1. The van der Waals surface area contributed by atoms with E-state index in [1.54, 1.807) is 0 Å². The number of nitrogens with one attached hydrogen (secondary N) is 1. The van der Waals surface area contributed by atoms with E-state index in [0.717, 1.165) is 6.08 Å². The van der Waals surface area contributed by atoms with E-state index in [1.807, 2.05) is 20.8 Å². The van der Waals surface area contributed by atoms with E-state index >= 15 is 0 Å². The lowest BCUT2D eigenvalue weighted by Crippen LogP contribution is -2.79. The number of hydrogen-bond acceptors (Lipinski definition) is 5. The van der Waals surface area contributed by atoms with Gasteiger partial charge in [-0.2, -0.15) is 23.2 Å². The molecule has 1 aliphatic heterocycles. The number of amides is 1. The standard InChI is InChI=1S/C19H24ClF3N2O5/c1-18(2,3)13-10-15-11(9-14(13)20)8-12(16(30-15)19(21,22)23)17(26)24-4-5-28-6-7-29-25-27/h8-10,16,27H,4-7,25H2,1-3H3/p+1. The van der Waals surface area contributed by atoms with Crippen molar-refractivity contribution in [3.05, 3.63) is 33.9 Å². The number of benzene rings is 1. The zero-order chi connectivity index (χ0) is 22.5. The van der Waals surface area contributed by atoms with Crippen LogP contribution in [0.5, 0.6) is 5.75 Å². The molecule has 0 spiro atoms. The predicted molar refractivity (Wildman–Crippen MR) is 102 cm³/mol. The average Bonchev–Trinajstić information content (AvgIpc) is 2.64. The maximum absolute atomic E-state index is 13.6. The summed E-state index contributed by atoms with van der Waals surface area (Å²) in [5.74, 6) is -0.894. The first-order valence-corrected chi connectivity index (χ1v) is 9.55. The van der Waals surface area contributed by atoms with Crippen LogP contribution in [0, 0.1) is 0 Å². The number of carbonyl (C=O) groups excluding carboxylic acids is 1. The van der Waals surface area contributed by atoms with Crippen LogP contribution >= 0.6 is 11.6 Å². The third-order valence-corrected chi connectivity index (χ3v) is 4.57. The van der Waals surface area contributed by atoms with Gasteiger partial charge in [-0.15, -0.1) is 0 Å². The van der Waals surface area contributed by atoms with Gasteiger partial charge in [-0.25, -0.2) is 0 Å². The van der Waals surface area contributed by atoms with E-state index in [4.69, 9.17) is 26.3 Å². The van der Waals surface area contributed by atoms with Crippen LogP contribution in [-0.4, -0.2) is 49.8 Å². The van der Waals surface area contributed by atoms with Gasteiger partial charge >= 0.3 is 6.18 Å². The van der Waals surface area contributed by atoms with Crippen molar-refractivity contribution in [3.8, 4) is 5.75 Å². The Kier molecular flexibility index (Phi) is 8.12. The van der Waals surface area contributed by atoms with E-state index in [2.05, 4.69) is 10.2 Å². The van der Waals surface area contributed by atoms with E-state index in [0.29, 0.717) is 21.8 Å². The van der Waals surface area contributed by atoms with Crippen LogP contribution in [0.15, 0.2) is 17.7 Å². The van der Waals surface area contributed by atoms with Gasteiger partial charge in [0, 0.05) is 17.1 Å². The molecular weight excluding hydrogens is 429 g/mol. The number of rotatable bonds is 8. The summed E-state index contributed by atoms with van der Waals surface area (Å²) in [6.07, 6.45) is -6.03. The number of nitrogens with two attached hydrogens (primary N) is 1. The fourth-order valence-corrected chi connectivity index (χ4v) is 3.28. The lowest BCUT2D eigenvalue weighted by Gasteiger charge is -2.30. The zero-order valence-corrected chi connectivity index (χ0v) is 17.6. The Balaban J connectivity index is 2.18. The van der Waals surface area contributed by atoms with Crippen LogP contribution in [0.1, 0.15) is 31.9 Å². The minimum atomic E-state index is -4.78. The van der Waals surface area contributed by atoms with E-state index < -0.39 is 29.2 Å². The smallest absolute Gasteiger partial charge is 0.429 e. The predicted octanol–water partition coefficient (Wildman–Crippen LogP) is 2.36. The number of carbonyl (C=O) groups is 1. The molecule has 11 heteroatoms. The molecule has 1 amide bonds. The van der Waals surface area contributed by atoms with Gasteiger partial charge in [-0.3, -0.25) is 4.79 Å². The highest BCUT2D eigenvalue weighted by molar-refractivity contribution is 6.31. The maximum Gasteiger partial charge on any atom is 0.429 e. The first kappa shape index (κ1) is 24.4. The third kappa shape index (κ3) is 6.32. The summed E-state index contributed by atoms with van der Waals surface area (Å²) >= 11 is 6.30. The molecule has 0 aliphatic carbocycles. The highest BCUT2D eigenvalue weighted by atomic mass is 35.5. The van der Waals surface area contributed by atoms with Crippen molar-refractivity contribution in [2.45, 2.75) is 38.5 Å². The van der Waals surface area contributed by atoms with Crippen molar-refractivity contribution in [2.24, 2.45) is 0 Å². The molecule has 30 heavy (non-hydrogen) atoms. The molecule has 1 unspecified atom stereocenters. The summed E-state index contributed by atoms with van der Waals surface area (Å²) in [4.78, 5) is 16.9. The number of ether oxygens (including phenoxy) is 2. The Morgan fingerprint density at radius 1 is 1.27 bits per heavy atom. The third-order valence-electron chi connectivity index (χ3n) is 4.26. The monoisotopic (exact) mass is 453 g/mol. The summed E-state index contributed by atoms with van der Waals surface area (Å²) < 4.78 is 51.1. The molecule has 168 valence electrons. The van der Waals surface area contributed by atoms with Gasteiger partial charge in [0.15, 0.2) is 0 Å². The Labute approximate surface area is 177 Å². The van der Waals surface area contributed by atoms with Crippen LogP contribution in [-0.2, 0) is 19.8 Å². The molecule has 0 aromatic heterocycles. The van der Waals surface area contributed by atoms with Gasteiger partial charge in [-0.1, -0.05) is 38.0 Å². The molecule has 1 heterocycles. The Hall–Kier alpha value is -1.85.